The molecule has 0 saturated carbocycles. The van der Waals surface area contributed by atoms with E-state index in [4.69, 9.17) is 4.74 Å². The number of piperazine rings is 2. The van der Waals surface area contributed by atoms with E-state index in [2.05, 4.69) is 15.1 Å². The lowest BCUT2D eigenvalue weighted by atomic mass is 9.90. The van der Waals surface area contributed by atoms with Gasteiger partial charge in [-0.2, -0.15) is 0 Å². The van der Waals surface area contributed by atoms with Crippen molar-refractivity contribution >= 4 is 29.5 Å². The molecule has 4 amide bonds. The number of imide groups is 1. The van der Waals surface area contributed by atoms with E-state index in [-0.39, 0.29) is 29.7 Å². The van der Waals surface area contributed by atoms with Crippen molar-refractivity contribution in [2.75, 3.05) is 63.8 Å². The van der Waals surface area contributed by atoms with Crippen LogP contribution in [0, 0.1) is 0 Å². The first kappa shape index (κ1) is 25.9. The molecule has 3 aliphatic heterocycles. The van der Waals surface area contributed by atoms with Crippen LogP contribution < -0.4 is 10.2 Å². The van der Waals surface area contributed by atoms with Crippen LogP contribution in [-0.2, 0) is 19.1 Å². The zero-order chi connectivity index (χ0) is 25.9. The van der Waals surface area contributed by atoms with Gasteiger partial charge in [0.1, 0.15) is 5.60 Å². The number of piperidine rings is 1. The fourth-order valence-electron chi connectivity index (χ4n) is 4.85. The fraction of sp³-hybridized carbons (Fsp3) is 0.615. The normalized spacial score (nSPS) is 21.9. The number of nitrogens with zero attached hydrogens (tertiary/aromatic N) is 4. The third kappa shape index (κ3) is 6.54. The van der Waals surface area contributed by atoms with E-state index in [1.807, 2.05) is 49.9 Å². The average Bonchev–Trinajstić information content (AvgIpc) is 2.84. The van der Waals surface area contributed by atoms with Crippen molar-refractivity contribution < 1.29 is 23.9 Å². The van der Waals surface area contributed by atoms with Crippen molar-refractivity contribution in [2.45, 2.75) is 45.1 Å². The number of hydrogen-bond donors (Lipinski definition) is 1. The van der Waals surface area contributed by atoms with Crippen LogP contribution in [0.5, 0.6) is 0 Å². The maximum absolute atomic E-state index is 12.8. The second-order valence-corrected chi connectivity index (χ2v) is 10.7. The van der Waals surface area contributed by atoms with Crippen molar-refractivity contribution in [1.82, 2.24) is 20.0 Å². The molecule has 1 aromatic carbocycles. The fourth-order valence-corrected chi connectivity index (χ4v) is 4.85. The summed E-state index contributed by atoms with van der Waals surface area (Å²) in [7, 11) is 0. The van der Waals surface area contributed by atoms with Crippen LogP contribution in [0.25, 0.3) is 0 Å². The molecule has 0 aromatic heterocycles. The van der Waals surface area contributed by atoms with Gasteiger partial charge in [0.2, 0.25) is 17.7 Å². The van der Waals surface area contributed by atoms with Crippen molar-refractivity contribution in [3.05, 3.63) is 29.8 Å². The number of anilines is 1. The van der Waals surface area contributed by atoms with Gasteiger partial charge in [-0.1, -0.05) is 12.1 Å². The van der Waals surface area contributed by atoms with E-state index in [1.54, 1.807) is 4.90 Å². The van der Waals surface area contributed by atoms with Gasteiger partial charge in [0.05, 0.1) is 12.5 Å². The molecule has 1 aromatic rings. The van der Waals surface area contributed by atoms with Gasteiger partial charge in [-0.25, -0.2) is 4.79 Å². The lowest BCUT2D eigenvalue weighted by molar-refractivity contribution is -0.135. The summed E-state index contributed by atoms with van der Waals surface area (Å²) in [5, 5.41) is 2.42. The number of hydrogen-bond acceptors (Lipinski definition) is 7. The molecule has 36 heavy (non-hydrogen) atoms. The molecule has 3 aliphatic rings. The molecule has 3 fully saturated rings. The highest BCUT2D eigenvalue weighted by atomic mass is 16.6. The Morgan fingerprint density at radius 1 is 0.917 bits per heavy atom. The molecule has 0 spiro atoms. The summed E-state index contributed by atoms with van der Waals surface area (Å²) in [6, 6.07) is 8.01. The third-order valence-electron chi connectivity index (χ3n) is 6.92. The number of carbonyl (C=O) groups excluding carboxylic acids is 4. The highest BCUT2D eigenvalue weighted by Gasteiger charge is 2.30. The topological polar surface area (TPSA) is 102 Å². The van der Waals surface area contributed by atoms with E-state index >= 15 is 0 Å². The highest BCUT2D eigenvalue weighted by molar-refractivity contribution is 6.00. The van der Waals surface area contributed by atoms with Gasteiger partial charge in [0.25, 0.3) is 0 Å². The Labute approximate surface area is 212 Å². The van der Waals surface area contributed by atoms with Crippen LogP contribution in [0.4, 0.5) is 10.5 Å². The number of nitrogens with one attached hydrogen (secondary N) is 1. The first-order valence-electron chi connectivity index (χ1n) is 12.8. The molecule has 1 N–H and O–H groups in total. The molecule has 3 heterocycles. The molecule has 0 bridgehead atoms. The third-order valence-corrected chi connectivity index (χ3v) is 6.92. The first-order chi connectivity index (χ1) is 17.1. The monoisotopic (exact) mass is 499 g/mol. The maximum atomic E-state index is 12.8. The lowest BCUT2D eigenvalue weighted by Crippen LogP contribution is -2.55. The minimum Gasteiger partial charge on any atom is -0.444 e. The quantitative estimate of drug-likeness (QED) is 0.625. The van der Waals surface area contributed by atoms with E-state index in [0.717, 1.165) is 37.4 Å². The van der Waals surface area contributed by atoms with E-state index in [0.29, 0.717) is 45.6 Å². The zero-order valence-corrected chi connectivity index (χ0v) is 21.5. The van der Waals surface area contributed by atoms with E-state index in [1.165, 1.54) is 0 Å². The molecular formula is C26H37N5O5. The summed E-state index contributed by atoms with van der Waals surface area (Å²) in [5.41, 5.74) is 1.50. The van der Waals surface area contributed by atoms with E-state index in [9.17, 15) is 19.2 Å². The molecule has 196 valence electrons. The van der Waals surface area contributed by atoms with Gasteiger partial charge in [-0.3, -0.25) is 24.6 Å². The number of benzene rings is 1. The summed E-state index contributed by atoms with van der Waals surface area (Å²) in [4.78, 5) is 56.6. The van der Waals surface area contributed by atoms with Crippen molar-refractivity contribution in [3.8, 4) is 0 Å². The molecule has 0 aliphatic carbocycles. The summed E-state index contributed by atoms with van der Waals surface area (Å²) in [6.45, 7) is 11.2. The van der Waals surface area contributed by atoms with Crippen molar-refractivity contribution in [2.24, 2.45) is 0 Å². The van der Waals surface area contributed by atoms with Gasteiger partial charge in [-0.05, 0) is 44.9 Å². The lowest BCUT2D eigenvalue weighted by Gasteiger charge is -2.38. The van der Waals surface area contributed by atoms with Crippen LogP contribution in [0.1, 0.15) is 45.1 Å². The van der Waals surface area contributed by atoms with E-state index < -0.39 is 5.60 Å². The molecule has 1 unspecified atom stereocenters. The minimum atomic E-state index is -0.526. The summed E-state index contributed by atoms with van der Waals surface area (Å²) in [5.74, 6) is -0.595. The number of carbonyl (C=O) groups is 4. The SMILES string of the molecule is CC(C)(C)OC(=O)N1CCN(C(=O)CN2CCN(c3ccc(C4CCC(=O)NC4=O)cc3)CC2)CC1. The average molecular weight is 500 g/mol. The van der Waals surface area contributed by atoms with Crippen molar-refractivity contribution in [3.63, 3.8) is 0 Å². The largest absolute Gasteiger partial charge is 0.444 e. The highest BCUT2D eigenvalue weighted by Crippen LogP contribution is 2.27. The molecule has 10 heteroatoms. The predicted molar refractivity (Wildman–Crippen MR) is 135 cm³/mol. The smallest absolute Gasteiger partial charge is 0.410 e. The zero-order valence-electron chi connectivity index (χ0n) is 21.5. The Kier molecular flexibility index (Phi) is 7.82. The van der Waals surface area contributed by atoms with Crippen LogP contribution >= 0.6 is 0 Å². The second-order valence-electron chi connectivity index (χ2n) is 10.7. The number of rotatable bonds is 4. The van der Waals surface area contributed by atoms with Crippen molar-refractivity contribution in [1.29, 1.82) is 0 Å². The van der Waals surface area contributed by atoms with Crippen LogP contribution in [0.3, 0.4) is 0 Å². The Hall–Kier alpha value is -3.14. The predicted octanol–water partition coefficient (Wildman–Crippen LogP) is 1.41. The summed E-state index contributed by atoms with van der Waals surface area (Å²) in [6.07, 6.45) is 0.598. The molecular weight excluding hydrogens is 462 g/mol. The molecule has 4 rings (SSSR count). The molecule has 10 nitrogen and oxygen atoms in total. The van der Waals surface area contributed by atoms with Gasteiger partial charge in [-0.15, -0.1) is 0 Å². The maximum Gasteiger partial charge on any atom is 0.410 e. The number of ether oxygens (including phenoxy) is 1. The van der Waals surface area contributed by atoms with Gasteiger partial charge < -0.3 is 19.4 Å². The molecule has 1 atom stereocenters. The summed E-state index contributed by atoms with van der Waals surface area (Å²) < 4.78 is 5.43. The Bertz CT molecular complexity index is 973. The molecule has 3 saturated heterocycles. The van der Waals surface area contributed by atoms with Gasteiger partial charge >= 0.3 is 6.09 Å². The van der Waals surface area contributed by atoms with Crippen LogP contribution in [0.15, 0.2) is 24.3 Å². The minimum absolute atomic E-state index is 0.0980. The van der Waals surface area contributed by atoms with Gasteiger partial charge in [0.15, 0.2) is 0 Å². The molecule has 0 radical (unpaired) electrons. The van der Waals surface area contributed by atoms with Crippen LogP contribution in [0.2, 0.25) is 0 Å². The Balaban J connectivity index is 1.20. The standard InChI is InChI=1S/C26H37N5O5/c1-26(2,3)36-25(35)31-16-14-30(15-17-31)23(33)18-28-10-12-29(13-11-28)20-6-4-19(5-7-20)21-8-9-22(32)27-24(21)34/h4-7,21H,8-18H2,1-3H3,(H,27,32,34). The first-order valence-corrected chi connectivity index (χ1v) is 12.8. The van der Waals surface area contributed by atoms with Gasteiger partial charge in [0, 0.05) is 64.5 Å². The van der Waals surface area contributed by atoms with Crippen LogP contribution in [-0.4, -0.2) is 103 Å². The second kappa shape index (κ2) is 10.9. The number of amides is 4. The Morgan fingerprint density at radius 3 is 2.11 bits per heavy atom. The Morgan fingerprint density at radius 2 is 1.53 bits per heavy atom. The summed E-state index contributed by atoms with van der Waals surface area (Å²) >= 11 is 0.